The van der Waals surface area contributed by atoms with Crippen LogP contribution in [0.4, 0.5) is 0 Å². The molecule has 0 aromatic carbocycles. The van der Waals surface area contributed by atoms with Crippen LogP contribution in [0.5, 0.6) is 0 Å². The minimum absolute atomic E-state index is 0.0176. The minimum Gasteiger partial charge on any atom is -0.394 e. The third kappa shape index (κ3) is 4.93. The van der Waals surface area contributed by atoms with E-state index in [1.54, 1.807) is 0 Å². The Labute approximate surface area is 120 Å². The van der Waals surface area contributed by atoms with E-state index in [-0.39, 0.29) is 12.1 Å². The summed E-state index contributed by atoms with van der Waals surface area (Å²) >= 11 is 0. The van der Waals surface area contributed by atoms with Crippen molar-refractivity contribution in [3.05, 3.63) is 23.8 Å². The molecule has 1 heterocycles. The molecule has 0 amide bonds. The van der Waals surface area contributed by atoms with Crippen LogP contribution in [-0.2, 0) is 6.42 Å². The molecule has 0 aliphatic rings. The smallest absolute Gasteiger partial charge is 0.126 e. The summed E-state index contributed by atoms with van der Waals surface area (Å²) in [7, 11) is 0. The lowest BCUT2D eigenvalue weighted by Crippen LogP contribution is -2.35. The lowest BCUT2D eigenvalue weighted by molar-refractivity contribution is -0.0790. The maximum absolute atomic E-state index is 9.74. The molecule has 0 aliphatic carbocycles. The number of nitrogens with zero attached hydrogens (tertiary/aromatic N) is 2. The Bertz CT molecular complexity index is 417. The highest BCUT2D eigenvalue weighted by Crippen LogP contribution is 2.16. The van der Waals surface area contributed by atoms with E-state index in [1.807, 2.05) is 0 Å². The predicted octanol–water partition coefficient (Wildman–Crippen LogP) is -3.52. The van der Waals surface area contributed by atoms with Crippen molar-refractivity contribution in [2.24, 2.45) is 0 Å². The molecule has 0 bridgehead atoms. The van der Waals surface area contributed by atoms with Crippen molar-refractivity contribution in [3.63, 3.8) is 0 Å². The molecule has 0 aliphatic heterocycles. The number of aromatic nitrogens is 2. The summed E-state index contributed by atoms with van der Waals surface area (Å²) in [5.74, 6) is 0. The van der Waals surface area contributed by atoms with E-state index in [2.05, 4.69) is 9.97 Å². The van der Waals surface area contributed by atoms with Gasteiger partial charge in [0.1, 0.15) is 24.4 Å². The Morgan fingerprint density at radius 3 is 1.90 bits per heavy atom. The first-order valence-electron chi connectivity index (χ1n) is 6.33. The molecule has 1 aromatic heterocycles. The molecule has 0 unspecified atom stereocenters. The molecule has 0 radical (unpaired) electrons. The highest BCUT2D eigenvalue weighted by molar-refractivity contribution is 5.08. The van der Waals surface area contributed by atoms with Gasteiger partial charge in [0.15, 0.2) is 0 Å². The summed E-state index contributed by atoms with van der Waals surface area (Å²) in [6.07, 6.45) is -4.83. The van der Waals surface area contributed by atoms with Crippen molar-refractivity contribution in [2.75, 3.05) is 13.2 Å². The van der Waals surface area contributed by atoms with Gasteiger partial charge in [0, 0.05) is 12.6 Å². The number of rotatable bonds is 8. The van der Waals surface area contributed by atoms with Gasteiger partial charge in [-0.05, 0) is 0 Å². The van der Waals surface area contributed by atoms with Gasteiger partial charge in [0.2, 0.25) is 0 Å². The summed E-state index contributed by atoms with van der Waals surface area (Å²) in [5, 5.41) is 64.6. The Morgan fingerprint density at radius 2 is 1.43 bits per heavy atom. The quantitative estimate of drug-likeness (QED) is 0.257. The Kier molecular flexibility index (Phi) is 7.05. The van der Waals surface area contributed by atoms with Crippen molar-refractivity contribution in [1.29, 1.82) is 0 Å². The molecule has 21 heavy (non-hydrogen) atoms. The number of aliphatic hydroxyl groups excluding tert-OH is 7. The second-order valence-corrected chi connectivity index (χ2v) is 4.64. The lowest BCUT2D eigenvalue weighted by atomic mass is 10.1. The van der Waals surface area contributed by atoms with Gasteiger partial charge in [0.05, 0.1) is 36.9 Å². The monoisotopic (exact) mass is 304 g/mol. The molecule has 120 valence electrons. The average molecular weight is 304 g/mol. The van der Waals surface area contributed by atoms with Crippen LogP contribution in [0.25, 0.3) is 0 Å². The first-order chi connectivity index (χ1) is 9.90. The van der Waals surface area contributed by atoms with Crippen LogP contribution in [0.2, 0.25) is 0 Å². The minimum atomic E-state index is -1.61. The third-order valence-electron chi connectivity index (χ3n) is 2.98. The normalized spacial score (nSPS) is 18.8. The van der Waals surface area contributed by atoms with Crippen molar-refractivity contribution in [2.45, 2.75) is 36.9 Å². The van der Waals surface area contributed by atoms with Crippen LogP contribution in [0, 0.1) is 0 Å². The van der Waals surface area contributed by atoms with Crippen LogP contribution in [-0.4, -0.2) is 83.3 Å². The summed E-state index contributed by atoms with van der Waals surface area (Å²) in [6, 6.07) is 0. The van der Waals surface area contributed by atoms with Crippen LogP contribution in [0.3, 0.4) is 0 Å². The maximum atomic E-state index is 9.74. The van der Waals surface area contributed by atoms with E-state index in [4.69, 9.17) is 10.2 Å². The van der Waals surface area contributed by atoms with Gasteiger partial charge >= 0.3 is 0 Å². The maximum Gasteiger partial charge on any atom is 0.126 e. The largest absolute Gasteiger partial charge is 0.394 e. The van der Waals surface area contributed by atoms with E-state index in [0.717, 1.165) is 6.20 Å². The van der Waals surface area contributed by atoms with E-state index in [1.165, 1.54) is 6.20 Å². The predicted molar refractivity (Wildman–Crippen MR) is 68.9 cm³/mol. The molecule has 0 saturated heterocycles. The van der Waals surface area contributed by atoms with Crippen LogP contribution in [0.15, 0.2) is 12.4 Å². The molecule has 7 N–H and O–H groups in total. The Morgan fingerprint density at radius 1 is 0.810 bits per heavy atom. The van der Waals surface area contributed by atoms with Crippen molar-refractivity contribution in [1.82, 2.24) is 9.97 Å². The van der Waals surface area contributed by atoms with Crippen LogP contribution in [0.1, 0.15) is 17.5 Å². The molecule has 9 heteroatoms. The summed E-state index contributed by atoms with van der Waals surface area (Å²) in [5.41, 5.74) is 0.291. The van der Waals surface area contributed by atoms with Gasteiger partial charge in [-0.15, -0.1) is 0 Å². The fourth-order valence-electron chi connectivity index (χ4n) is 1.59. The Balaban J connectivity index is 2.69. The van der Waals surface area contributed by atoms with E-state index in [9.17, 15) is 25.5 Å². The van der Waals surface area contributed by atoms with Gasteiger partial charge in [0.25, 0.3) is 0 Å². The number of hydrogen-bond donors (Lipinski definition) is 7. The fourth-order valence-corrected chi connectivity index (χ4v) is 1.59. The van der Waals surface area contributed by atoms with E-state index >= 15 is 0 Å². The molecular formula is C12H20N2O7. The Hall–Kier alpha value is -1.20. The highest BCUT2D eigenvalue weighted by atomic mass is 16.4. The van der Waals surface area contributed by atoms with Gasteiger partial charge in [-0.2, -0.15) is 0 Å². The second-order valence-electron chi connectivity index (χ2n) is 4.64. The van der Waals surface area contributed by atoms with Gasteiger partial charge in [-0.25, -0.2) is 0 Å². The first-order valence-corrected chi connectivity index (χ1v) is 6.33. The third-order valence-corrected chi connectivity index (χ3v) is 2.98. The molecule has 5 atom stereocenters. The van der Waals surface area contributed by atoms with Crippen LogP contribution < -0.4 is 0 Å². The zero-order valence-corrected chi connectivity index (χ0v) is 11.2. The number of hydrogen-bond acceptors (Lipinski definition) is 9. The number of aliphatic hydroxyl groups is 7. The lowest BCUT2D eigenvalue weighted by Gasteiger charge is -2.21. The molecule has 0 saturated carbocycles. The van der Waals surface area contributed by atoms with Gasteiger partial charge in [-0.1, -0.05) is 0 Å². The molecule has 1 rings (SSSR count). The molecule has 9 nitrogen and oxygen atoms in total. The summed E-state index contributed by atoms with van der Waals surface area (Å²) in [4.78, 5) is 7.73. The molecule has 0 fully saturated rings. The van der Waals surface area contributed by atoms with Gasteiger partial charge < -0.3 is 35.7 Å². The van der Waals surface area contributed by atoms with Crippen molar-refractivity contribution >= 4 is 0 Å². The highest BCUT2D eigenvalue weighted by Gasteiger charge is 2.26. The zero-order valence-electron chi connectivity index (χ0n) is 11.2. The van der Waals surface area contributed by atoms with E-state index in [0.29, 0.717) is 5.69 Å². The fraction of sp³-hybridized carbons (Fsp3) is 0.667. The SMILES string of the molecule is OC[C@@H](O)[C@H](O)[C@@H](O)c1cnc(C[C@@H](O)[C@H](O)CO)cn1. The summed E-state index contributed by atoms with van der Waals surface area (Å²) < 4.78 is 0. The van der Waals surface area contributed by atoms with Crippen LogP contribution >= 0.6 is 0 Å². The molecule has 1 aromatic rings. The first kappa shape index (κ1) is 17.9. The molecule has 0 spiro atoms. The van der Waals surface area contributed by atoms with E-state index < -0.39 is 43.7 Å². The summed E-state index contributed by atoms with van der Waals surface area (Å²) in [6.45, 7) is -1.30. The van der Waals surface area contributed by atoms with Gasteiger partial charge in [-0.3, -0.25) is 9.97 Å². The van der Waals surface area contributed by atoms with Crippen molar-refractivity contribution < 1.29 is 35.7 Å². The average Bonchev–Trinajstić information content (AvgIpc) is 2.52. The second kappa shape index (κ2) is 8.29. The van der Waals surface area contributed by atoms with Crippen molar-refractivity contribution in [3.8, 4) is 0 Å². The standard InChI is InChI=1S/C12H20N2O7/c15-4-9(18)8(17)1-6-2-14-7(3-13-6)11(20)12(21)10(19)5-16/h2-3,8-12,15-21H,1,4-5H2/t8-,9-,10-,11+,12+/m1/s1. The molecular weight excluding hydrogens is 284 g/mol. The zero-order chi connectivity index (χ0) is 16.0. The topological polar surface area (TPSA) is 167 Å².